The predicted octanol–water partition coefficient (Wildman–Crippen LogP) is 6.72. The topological polar surface area (TPSA) is 61.4 Å². The number of hydrogen-bond acceptors (Lipinski definition) is 4. The molecule has 0 saturated heterocycles. The fourth-order valence-electron chi connectivity index (χ4n) is 3.50. The fourth-order valence-corrected chi connectivity index (χ4v) is 3.75. The molecule has 0 N–H and O–H groups in total. The Hall–Kier alpha value is -3.69. The number of nitrogens with zero attached hydrogens (tertiary/aromatic N) is 6. The van der Waals surface area contributed by atoms with Crippen molar-refractivity contribution >= 4 is 23.2 Å². The third-order valence-electron chi connectivity index (χ3n) is 5.18. The van der Waals surface area contributed by atoms with E-state index in [0.29, 0.717) is 32.6 Å². The number of alkyl halides is 3. The predicted molar refractivity (Wildman–Crippen MR) is 127 cm³/mol. The molecule has 176 valence electrons. The van der Waals surface area contributed by atoms with Crippen LogP contribution in [0, 0.1) is 0 Å². The van der Waals surface area contributed by atoms with Crippen LogP contribution in [0.4, 0.5) is 13.2 Å². The number of halogens is 5. The van der Waals surface area contributed by atoms with Gasteiger partial charge in [0.25, 0.3) is 5.95 Å². The van der Waals surface area contributed by atoms with Gasteiger partial charge in [0.1, 0.15) is 0 Å². The summed E-state index contributed by atoms with van der Waals surface area (Å²) in [6.07, 6.45) is -1.68. The molecule has 0 fully saturated rings. The van der Waals surface area contributed by atoms with Crippen molar-refractivity contribution < 1.29 is 13.2 Å². The summed E-state index contributed by atoms with van der Waals surface area (Å²) < 4.78 is 44.2. The summed E-state index contributed by atoms with van der Waals surface area (Å²) in [4.78, 5) is 8.24. The molecule has 0 aliphatic carbocycles. The summed E-state index contributed by atoms with van der Waals surface area (Å²) in [7, 11) is 1.67. The van der Waals surface area contributed by atoms with Crippen molar-refractivity contribution in [3.8, 4) is 39.7 Å². The quantitative estimate of drug-likeness (QED) is 0.267. The van der Waals surface area contributed by atoms with Crippen LogP contribution >= 0.6 is 23.2 Å². The van der Waals surface area contributed by atoms with Gasteiger partial charge < -0.3 is 0 Å². The van der Waals surface area contributed by atoms with Gasteiger partial charge in [0.2, 0.25) is 0 Å². The second kappa shape index (κ2) is 8.83. The molecule has 0 bridgehead atoms. The largest absolute Gasteiger partial charge is 0.433 e. The lowest BCUT2D eigenvalue weighted by atomic mass is 10.1. The molecule has 3 heterocycles. The summed E-state index contributed by atoms with van der Waals surface area (Å²) in [6, 6.07) is 16.5. The number of rotatable bonds is 4. The number of aryl methyl sites for hydroxylation is 1. The number of aromatic nitrogens is 6. The van der Waals surface area contributed by atoms with Crippen LogP contribution < -0.4 is 0 Å². The standard InChI is InChI=1S/C24H15Cl2F3N6/c1-34-13-16(12-30-34)19-11-22(24(27,28)29)32-23(31-19)35-21(15-4-8-18(26)9-5-15)10-20(33-35)14-2-6-17(25)7-3-14/h2-13H,1H3. The third kappa shape index (κ3) is 4.78. The lowest BCUT2D eigenvalue weighted by Crippen LogP contribution is -2.14. The lowest BCUT2D eigenvalue weighted by molar-refractivity contribution is -0.141. The molecule has 6 nitrogen and oxygen atoms in total. The maximum absolute atomic E-state index is 13.8. The van der Waals surface area contributed by atoms with Gasteiger partial charge in [-0.05, 0) is 36.4 Å². The van der Waals surface area contributed by atoms with Gasteiger partial charge in [-0.1, -0.05) is 47.5 Å². The summed E-state index contributed by atoms with van der Waals surface area (Å²) in [6.45, 7) is 0. The normalized spacial score (nSPS) is 11.7. The van der Waals surface area contributed by atoms with Crippen LogP contribution in [0.25, 0.3) is 39.7 Å². The smallest absolute Gasteiger partial charge is 0.275 e. The zero-order valence-electron chi connectivity index (χ0n) is 18.0. The molecule has 0 amide bonds. The van der Waals surface area contributed by atoms with Crippen LogP contribution in [0.3, 0.4) is 0 Å². The molecular formula is C24H15Cl2F3N6. The Balaban J connectivity index is 1.74. The van der Waals surface area contributed by atoms with Crippen LogP contribution in [0.2, 0.25) is 10.0 Å². The van der Waals surface area contributed by atoms with E-state index in [4.69, 9.17) is 23.2 Å². The van der Waals surface area contributed by atoms with Crippen molar-refractivity contribution in [1.82, 2.24) is 29.5 Å². The molecule has 0 unspecified atom stereocenters. The first-order valence-corrected chi connectivity index (χ1v) is 11.0. The summed E-state index contributed by atoms with van der Waals surface area (Å²) in [5.74, 6) is -0.233. The molecule has 0 spiro atoms. The average Bonchev–Trinajstić information content (AvgIpc) is 3.46. The van der Waals surface area contributed by atoms with E-state index in [9.17, 15) is 13.2 Å². The number of benzene rings is 2. The van der Waals surface area contributed by atoms with Crippen molar-refractivity contribution in [3.63, 3.8) is 0 Å². The van der Waals surface area contributed by atoms with E-state index >= 15 is 0 Å². The zero-order chi connectivity index (χ0) is 24.7. The van der Waals surface area contributed by atoms with Crippen LogP contribution in [0.1, 0.15) is 5.69 Å². The maximum atomic E-state index is 13.8. The van der Waals surface area contributed by atoms with E-state index in [1.807, 2.05) is 0 Å². The minimum Gasteiger partial charge on any atom is -0.275 e. The summed E-state index contributed by atoms with van der Waals surface area (Å²) in [5.41, 5.74) is 1.79. The summed E-state index contributed by atoms with van der Waals surface area (Å²) in [5, 5.41) is 9.68. The molecule has 0 saturated carbocycles. The molecule has 3 aromatic heterocycles. The Morgan fingerprint density at radius 3 is 1.97 bits per heavy atom. The van der Waals surface area contributed by atoms with E-state index in [-0.39, 0.29) is 11.6 Å². The highest BCUT2D eigenvalue weighted by Gasteiger charge is 2.34. The average molecular weight is 515 g/mol. The van der Waals surface area contributed by atoms with E-state index in [1.54, 1.807) is 67.8 Å². The van der Waals surface area contributed by atoms with Gasteiger partial charge in [-0.2, -0.15) is 28.1 Å². The molecule has 0 aliphatic rings. The first-order chi connectivity index (χ1) is 16.7. The minimum atomic E-state index is -4.69. The number of hydrogen-bond donors (Lipinski definition) is 0. The van der Waals surface area contributed by atoms with E-state index < -0.39 is 11.9 Å². The van der Waals surface area contributed by atoms with Crippen molar-refractivity contribution in [3.05, 3.63) is 88.8 Å². The first-order valence-electron chi connectivity index (χ1n) is 10.2. The Labute approximate surface area is 207 Å². The van der Waals surface area contributed by atoms with E-state index in [2.05, 4.69) is 20.2 Å². The van der Waals surface area contributed by atoms with Gasteiger partial charge >= 0.3 is 6.18 Å². The minimum absolute atomic E-state index is 0.0704. The Morgan fingerprint density at radius 2 is 1.40 bits per heavy atom. The Morgan fingerprint density at radius 1 is 0.771 bits per heavy atom. The summed E-state index contributed by atoms with van der Waals surface area (Å²) >= 11 is 12.0. The van der Waals surface area contributed by atoms with Crippen molar-refractivity contribution in [2.24, 2.45) is 7.05 Å². The molecule has 0 aliphatic heterocycles. The van der Waals surface area contributed by atoms with Gasteiger partial charge in [-0.15, -0.1) is 0 Å². The SMILES string of the molecule is Cn1cc(-c2cc(C(F)(F)F)nc(-n3nc(-c4ccc(Cl)cc4)cc3-c3ccc(Cl)cc3)n2)cn1. The van der Waals surface area contributed by atoms with Crippen LogP contribution in [0.15, 0.2) is 73.1 Å². The molecule has 5 rings (SSSR count). The van der Waals surface area contributed by atoms with Gasteiger partial charge in [0.05, 0.1) is 23.3 Å². The second-order valence-electron chi connectivity index (χ2n) is 7.68. The van der Waals surface area contributed by atoms with Gasteiger partial charge in [-0.3, -0.25) is 4.68 Å². The highest BCUT2D eigenvalue weighted by molar-refractivity contribution is 6.30. The third-order valence-corrected chi connectivity index (χ3v) is 5.69. The van der Waals surface area contributed by atoms with Crippen molar-refractivity contribution in [2.45, 2.75) is 6.18 Å². The molecule has 5 aromatic rings. The molecule has 35 heavy (non-hydrogen) atoms. The van der Waals surface area contributed by atoms with Gasteiger partial charge in [0.15, 0.2) is 5.69 Å². The van der Waals surface area contributed by atoms with Crippen molar-refractivity contribution in [2.75, 3.05) is 0 Å². The van der Waals surface area contributed by atoms with Crippen LogP contribution in [0.5, 0.6) is 0 Å². The molecular weight excluding hydrogens is 500 g/mol. The van der Waals surface area contributed by atoms with Gasteiger partial charge in [-0.25, -0.2) is 9.97 Å². The first kappa shape index (κ1) is 23.1. The molecule has 0 atom stereocenters. The highest BCUT2D eigenvalue weighted by Crippen LogP contribution is 2.33. The van der Waals surface area contributed by atoms with E-state index in [0.717, 1.165) is 11.6 Å². The molecule has 2 aromatic carbocycles. The van der Waals surface area contributed by atoms with Gasteiger partial charge in [0, 0.05) is 40.0 Å². The fraction of sp³-hybridized carbons (Fsp3) is 0.0833. The van der Waals surface area contributed by atoms with Crippen molar-refractivity contribution in [1.29, 1.82) is 0 Å². The molecule has 0 radical (unpaired) electrons. The Kier molecular flexibility index (Phi) is 5.82. The monoisotopic (exact) mass is 514 g/mol. The zero-order valence-corrected chi connectivity index (χ0v) is 19.5. The molecule has 11 heteroatoms. The highest BCUT2D eigenvalue weighted by atomic mass is 35.5. The maximum Gasteiger partial charge on any atom is 0.433 e. The van der Waals surface area contributed by atoms with Crippen LogP contribution in [-0.2, 0) is 13.2 Å². The Bertz CT molecular complexity index is 1510. The van der Waals surface area contributed by atoms with E-state index in [1.165, 1.54) is 15.6 Å². The van der Waals surface area contributed by atoms with Crippen LogP contribution in [-0.4, -0.2) is 29.5 Å². The second-order valence-corrected chi connectivity index (χ2v) is 8.55. The lowest BCUT2D eigenvalue weighted by Gasteiger charge is -2.12.